The van der Waals surface area contributed by atoms with Crippen LogP contribution in [0.3, 0.4) is 0 Å². The smallest absolute Gasteiger partial charge is 0.246 e. The molecule has 0 spiro atoms. The molecule has 164 valence electrons. The van der Waals surface area contributed by atoms with E-state index in [4.69, 9.17) is 23.2 Å². The van der Waals surface area contributed by atoms with Gasteiger partial charge in [0.1, 0.15) is 10.7 Å². The van der Waals surface area contributed by atoms with E-state index in [0.717, 1.165) is 0 Å². The second-order valence-corrected chi connectivity index (χ2v) is 10.0. The summed E-state index contributed by atoms with van der Waals surface area (Å²) in [6, 6.07) is 8.39. The quantitative estimate of drug-likeness (QED) is 0.723. The van der Waals surface area contributed by atoms with Crippen molar-refractivity contribution in [2.45, 2.75) is 17.2 Å². The summed E-state index contributed by atoms with van der Waals surface area (Å²) in [4.78, 5) is 26.5. The van der Waals surface area contributed by atoms with Gasteiger partial charge in [0, 0.05) is 38.3 Å². The topological polar surface area (TPSA) is 86.8 Å². The number of sulfonamides is 1. The first kappa shape index (κ1) is 22.0. The molecule has 0 radical (unpaired) electrons. The molecule has 0 bridgehead atoms. The molecule has 0 aliphatic carbocycles. The average molecular weight is 486 g/mol. The molecule has 1 atom stereocenters. The predicted molar refractivity (Wildman–Crippen MR) is 114 cm³/mol. The standard InChI is InChI=1S/C20H18Cl2FN3O4S/c21-15-2-1-3-16(22)19(15)31(29,30)26-8-6-25(7-9-26)20(28)14-11-18(27)24-17-10-12(23)4-5-13(14)17/h1-5,10,14H,6-9,11H2,(H,24,27)/t14-/m0/s1. The van der Waals surface area contributed by atoms with Crippen LogP contribution in [0.1, 0.15) is 17.9 Å². The Morgan fingerprint density at radius 1 is 1.06 bits per heavy atom. The zero-order chi connectivity index (χ0) is 22.3. The Balaban J connectivity index is 1.51. The van der Waals surface area contributed by atoms with Gasteiger partial charge in [0.05, 0.1) is 16.0 Å². The van der Waals surface area contributed by atoms with Crippen LogP contribution in [0.15, 0.2) is 41.3 Å². The van der Waals surface area contributed by atoms with Crippen molar-refractivity contribution in [3.05, 3.63) is 57.8 Å². The minimum absolute atomic E-state index is 0.0306. The predicted octanol–water partition coefficient (Wildman–Crippen LogP) is 3.09. The van der Waals surface area contributed by atoms with Gasteiger partial charge in [-0.1, -0.05) is 35.3 Å². The first-order valence-corrected chi connectivity index (χ1v) is 11.7. The van der Waals surface area contributed by atoms with E-state index in [1.54, 1.807) is 6.07 Å². The monoisotopic (exact) mass is 485 g/mol. The molecule has 7 nitrogen and oxygen atoms in total. The third kappa shape index (κ3) is 4.15. The first-order chi connectivity index (χ1) is 14.7. The summed E-state index contributed by atoms with van der Waals surface area (Å²) in [7, 11) is -3.93. The molecule has 2 aliphatic rings. The lowest BCUT2D eigenvalue weighted by Gasteiger charge is -2.37. The van der Waals surface area contributed by atoms with Crippen LogP contribution in [0, 0.1) is 5.82 Å². The Labute approximate surface area is 188 Å². The number of nitrogens with zero attached hydrogens (tertiary/aromatic N) is 2. The van der Waals surface area contributed by atoms with Gasteiger partial charge in [-0.2, -0.15) is 4.31 Å². The Morgan fingerprint density at radius 3 is 2.35 bits per heavy atom. The molecule has 0 unspecified atom stereocenters. The van der Waals surface area contributed by atoms with E-state index in [1.807, 2.05) is 0 Å². The van der Waals surface area contributed by atoms with Gasteiger partial charge in [0.15, 0.2) is 0 Å². The van der Waals surface area contributed by atoms with Gasteiger partial charge < -0.3 is 10.2 Å². The fourth-order valence-corrected chi connectivity index (χ4v) is 6.40. The van der Waals surface area contributed by atoms with Gasteiger partial charge >= 0.3 is 0 Å². The van der Waals surface area contributed by atoms with Crippen molar-refractivity contribution in [1.82, 2.24) is 9.21 Å². The second-order valence-electron chi connectivity index (χ2n) is 7.32. The molecule has 4 rings (SSSR count). The molecule has 2 aliphatic heterocycles. The van der Waals surface area contributed by atoms with E-state index < -0.39 is 21.8 Å². The molecule has 0 saturated carbocycles. The number of hydrogen-bond donors (Lipinski definition) is 1. The number of rotatable bonds is 3. The zero-order valence-corrected chi connectivity index (χ0v) is 18.5. The molecule has 2 amide bonds. The Morgan fingerprint density at radius 2 is 1.71 bits per heavy atom. The second kappa shape index (κ2) is 8.38. The summed E-state index contributed by atoms with van der Waals surface area (Å²) in [6.07, 6.45) is -0.0504. The van der Waals surface area contributed by atoms with Crippen LogP contribution >= 0.6 is 23.2 Å². The van der Waals surface area contributed by atoms with Crippen LogP contribution in [0.4, 0.5) is 10.1 Å². The molecule has 1 fully saturated rings. The number of hydrogen-bond acceptors (Lipinski definition) is 4. The highest BCUT2D eigenvalue weighted by atomic mass is 35.5. The van der Waals surface area contributed by atoms with Crippen LogP contribution in [0.2, 0.25) is 10.0 Å². The molecule has 2 heterocycles. The highest BCUT2D eigenvalue weighted by Crippen LogP contribution is 2.35. The summed E-state index contributed by atoms with van der Waals surface area (Å²) in [6.45, 7) is 0.416. The minimum atomic E-state index is -3.93. The van der Waals surface area contributed by atoms with Crippen molar-refractivity contribution in [2.75, 3.05) is 31.5 Å². The zero-order valence-electron chi connectivity index (χ0n) is 16.1. The number of piperazine rings is 1. The van der Waals surface area contributed by atoms with Crippen molar-refractivity contribution in [3.8, 4) is 0 Å². The summed E-state index contributed by atoms with van der Waals surface area (Å²) < 4.78 is 40.8. The number of benzene rings is 2. The maximum Gasteiger partial charge on any atom is 0.246 e. The molecule has 2 aromatic carbocycles. The van der Waals surface area contributed by atoms with Gasteiger partial charge in [0.2, 0.25) is 21.8 Å². The maximum atomic E-state index is 13.5. The number of halogens is 3. The summed E-state index contributed by atoms with van der Waals surface area (Å²) >= 11 is 12.1. The number of fused-ring (bicyclic) bond motifs is 1. The number of carbonyl (C=O) groups excluding carboxylic acids is 2. The van der Waals surface area contributed by atoms with Crippen LogP contribution in [-0.2, 0) is 19.6 Å². The first-order valence-electron chi connectivity index (χ1n) is 9.50. The SMILES string of the molecule is O=C1C[C@H](C(=O)N2CCN(S(=O)(=O)c3c(Cl)cccc3Cl)CC2)c2ccc(F)cc2N1. The maximum absolute atomic E-state index is 13.5. The van der Waals surface area contributed by atoms with E-state index in [9.17, 15) is 22.4 Å². The molecule has 11 heteroatoms. The lowest BCUT2D eigenvalue weighted by atomic mass is 9.89. The van der Waals surface area contributed by atoms with E-state index in [0.29, 0.717) is 5.56 Å². The normalized spacial score (nSPS) is 19.6. The van der Waals surface area contributed by atoms with Crippen LogP contribution in [0.5, 0.6) is 0 Å². The largest absolute Gasteiger partial charge is 0.340 e. The minimum Gasteiger partial charge on any atom is -0.340 e. The highest BCUT2D eigenvalue weighted by molar-refractivity contribution is 7.89. The van der Waals surface area contributed by atoms with E-state index in [2.05, 4.69) is 5.32 Å². The van der Waals surface area contributed by atoms with Crippen molar-refractivity contribution < 1.29 is 22.4 Å². The lowest BCUT2D eigenvalue weighted by Crippen LogP contribution is -2.52. The number of nitrogens with one attached hydrogen (secondary N) is 1. The van der Waals surface area contributed by atoms with Crippen molar-refractivity contribution in [1.29, 1.82) is 0 Å². The highest BCUT2D eigenvalue weighted by Gasteiger charge is 2.37. The third-order valence-corrected chi connectivity index (χ3v) is 8.27. The van der Waals surface area contributed by atoms with E-state index in [-0.39, 0.29) is 65.0 Å². The van der Waals surface area contributed by atoms with Gasteiger partial charge in [0.25, 0.3) is 0 Å². The summed E-state index contributed by atoms with van der Waals surface area (Å²) in [5.41, 5.74) is 0.827. The van der Waals surface area contributed by atoms with Gasteiger partial charge in [-0.05, 0) is 29.8 Å². The Bertz CT molecular complexity index is 1150. The molecular weight excluding hydrogens is 468 g/mol. The summed E-state index contributed by atoms with van der Waals surface area (Å²) in [5.74, 6) is -1.92. The molecule has 1 N–H and O–H groups in total. The molecule has 31 heavy (non-hydrogen) atoms. The third-order valence-electron chi connectivity index (χ3n) is 5.42. The van der Waals surface area contributed by atoms with Crippen molar-refractivity contribution in [2.24, 2.45) is 0 Å². The summed E-state index contributed by atoms with van der Waals surface area (Å²) in [5, 5.41) is 2.64. The van der Waals surface area contributed by atoms with Crippen LogP contribution in [0.25, 0.3) is 0 Å². The number of anilines is 1. The Hall–Kier alpha value is -2.20. The Kier molecular flexibility index (Phi) is 5.95. The number of carbonyl (C=O) groups is 2. The van der Waals surface area contributed by atoms with Gasteiger partial charge in [-0.25, -0.2) is 12.8 Å². The molecule has 2 aromatic rings. The van der Waals surface area contributed by atoms with Crippen LogP contribution < -0.4 is 5.32 Å². The fraction of sp³-hybridized carbons (Fsp3) is 0.300. The average Bonchev–Trinajstić information content (AvgIpc) is 2.72. The van der Waals surface area contributed by atoms with E-state index >= 15 is 0 Å². The van der Waals surface area contributed by atoms with Crippen molar-refractivity contribution in [3.63, 3.8) is 0 Å². The van der Waals surface area contributed by atoms with Crippen LogP contribution in [-0.4, -0.2) is 55.6 Å². The van der Waals surface area contributed by atoms with Gasteiger partial charge in [-0.15, -0.1) is 0 Å². The van der Waals surface area contributed by atoms with Crippen molar-refractivity contribution >= 4 is 50.7 Å². The fourth-order valence-electron chi connectivity index (χ4n) is 3.88. The van der Waals surface area contributed by atoms with E-state index in [1.165, 1.54) is 39.5 Å². The lowest BCUT2D eigenvalue weighted by molar-refractivity contribution is -0.136. The molecular formula is C20H18Cl2FN3O4S. The number of amides is 2. The molecule has 0 aromatic heterocycles. The molecule has 1 saturated heterocycles. The van der Waals surface area contributed by atoms with Gasteiger partial charge in [-0.3, -0.25) is 9.59 Å².